The summed E-state index contributed by atoms with van der Waals surface area (Å²) in [6, 6.07) is 0. The van der Waals surface area contributed by atoms with Crippen LogP contribution in [-0.4, -0.2) is 49.3 Å². The number of ketones is 1. The highest BCUT2D eigenvalue weighted by Gasteiger charge is 2.61. The van der Waals surface area contributed by atoms with E-state index in [1.807, 2.05) is 0 Å². The van der Waals surface area contributed by atoms with Gasteiger partial charge >= 0.3 is 21.3 Å². The predicted octanol–water partition coefficient (Wildman–Crippen LogP) is 4.01. The number of esters is 1. The van der Waals surface area contributed by atoms with E-state index in [-0.39, 0.29) is 35.6 Å². The van der Waals surface area contributed by atoms with Gasteiger partial charge in [-0.25, -0.2) is 0 Å². The van der Waals surface area contributed by atoms with Gasteiger partial charge in [-0.15, -0.1) is 0 Å². The molecule has 1 N–H and O–H groups in total. The van der Waals surface area contributed by atoms with Crippen LogP contribution in [0.15, 0.2) is 0 Å². The lowest BCUT2D eigenvalue weighted by molar-refractivity contribution is -0.203. The van der Waals surface area contributed by atoms with Crippen molar-refractivity contribution in [3.63, 3.8) is 0 Å². The minimum Gasteiger partial charge on any atom is -0.459 e. The number of carbonyl (C=O) groups is 2. The van der Waals surface area contributed by atoms with Gasteiger partial charge in [0.15, 0.2) is 0 Å². The summed E-state index contributed by atoms with van der Waals surface area (Å²) in [4.78, 5) is 26.3. The first-order chi connectivity index (χ1) is 16.4. The number of ether oxygens (including phenoxy) is 2. The van der Waals surface area contributed by atoms with E-state index in [1.54, 1.807) is 0 Å². The number of halogens is 2. The summed E-state index contributed by atoms with van der Waals surface area (Å²) in [6.45, 7) is -1.81. The van der Waals surface area contributed by atoms with Crippen LogP contribution < -0.4 is 0 Å². The van der Waals surface area contributed by atoms with Gasteiger partial charge in [-0.2, -0.15) is 17.2 Å². The van der Waals surface area contributed by atoms with Crippen molar-refractivity contribution in [2.45, 2.75) is 82.0 Å². The maximum atomic E-state index is 13.8. The largest absolute Gasteiger partial charge is 0.459 e. The van der Waals surface area contributed by atoms with Gasteiger partial charge in [-0.1, -0.05) is 0 Å². The van der Waals surface area contributed by atoms with Gasteiger partial charge in [0.05, 0.1) is 12.0 Å². The predicted molar refractivity (Wildman–Crippen MR) is 119 cm³/mol. The Morgan fingerprint density at radius 1 is 0.943 bits per heavy atom. The molecule has 8 fully saturated rings. The molecule has 8 rings (SSSR count). The molecule has 7 nitrogen and oxygen atoms in total. The van der Waals surface area contributed by atoms with Crippen molar-refractivity contribution in [2.24, 2.45) is 46.3 Å². The fourth-order valence-electron chi connectivity index (χ4n) is 9.52. The van der Waals surface area contributed by atoms with Gasteiger partial charge < -0.3 is 9.47 Å². The summed E-state index contributed by atoms with van der Waals surface area (Å²) >= 11 is 0. The summed E-state index contributed by atoms with van der Waals surface area (Å²) in [6.07, 6.45) is 8.69. The van der Waals surface area contributed by atoms with Gasteiger partial charge in [0.1, 0.15) is 18.5 Å². The second kappa shape index (κ2) is 7.93. The molecule has 0 saturated heterocycles. The normalized spacial score (nSPS) is 44.6. The van der Waals surface area contributed by atoms with Gasteiger partial charge in [0, 0.05) is 17.3 Å². The number of rotatable bonds is 8. The zero-order valence-electron chi connectivity index (χ0n) is 19.8. The Hall–Kier alpha value is -1.13. The number of Topliss-reactive ketones (excluding diaryl/α,β-unsaturated/α-hetero) is 1. The van der Waals surface area contributed by atoms with Crippen LogP contribution in [0.25, 0.3) is 0 Å². The molecule has 8 aliphatic rings. The maximum Gasteiger partial charge on any atom is 0.392 e. The zero-order valence-corrected chi connectivity index (χ0v) is 20.6. The Balaban J connectivity index is 1.23. The van der Waals surface area contributed by atoms with Crippen LogP contribution in [0.4, 0.5) is 8.78 Å². The molecule has 3 unspecified atom stereocenters. The first-order valence-electron chi connectivity index (χ1n) is 13.1. The molecule has 196 valence electrons. The summed E-state index contributed by atoms with van der Waals surface area (Å²) in [5, 5.41) is -4.43. The standard InChI is InChI=1S/C25H34F2O7S/c26-25(27,35(30,31)32)13-33-12-20(23-6-14-1-15(7-23)3-16(2-14)8-23)34-22(29)24-9-17-4-18(10-24)21(28)19(5-17)11-24/h14-20H,1-13H2,(H,30,31,32). The topological polar surface area (TPSA) is 107 Å². The summed E-state index contributed by atoms with van der Waals surface area (Å²) < 4.78 is 70.0. The fourth-order valence-corrected chi connectivity index (χ4v) is 9.75. The van der Waals surface area contributed by atoms with E-state index in [1.165, 1.54) is 0 Å². The van der Waals surface area contributed by atoms with Crippen LogP contribution in [0.1, 0.15) is 70.6 Å². The quantitative estimate of drug-likeness (QED) is 0.384. The van der Waals surface area contributed by atoms with Crippen LogP contribution >= 0.6 is 0 Å². The molecule has 0 spiro atoms. The van der Waals surface area contributed by atoms with Crippen molar-refractivity contribution in [1.29, 1.82) is 0 Å². The van der Waals surface area contributed by atoms with Gasteiger partial charge in [-0.05, 0) is 94.3 Å². The van der Waals surface area contributed by atoms with Gasteiger partial charge in [-0.3, -0.25) is 14.1 Å². The van der Waals surface area contributed by atoms with Crippen molar-refractivity contribution >= 4 is 21.9 Å². The molecule has 10 heteroatoms. The molecule has 8 bridgehead atoms. The molecule has 0 amide bonds. The first kappa shape index (κ1) is 24.2. The molecular weight excluding hydrogens is 482 g/mol. The SMILES string of the molecule is O=C1C2CC3CC1CC(C(=O)OC(COCC(F)(F)S(=O)(=O)O)C14CC5CC(CC(C5)C1)C4)(C3)C2. The molecule has 0 aromatic carbocycles. The highest BCUT2D eigenvalue weighted by atomic mass is 32.2. The Kier molecular flexibility index (Phi) is 5.49. The Labute approximate surface area is 204 Å². The fraction of sp³-hybridized carbons (Fsp3) is 0.920. The van der Waals surface area contributed by atoms with E-state index in [4.69, 9.17) is 14.0 Å². The first-order valence-corrected chi connectivity index (χ1v) is 14.5. The summed E-state index contributed by atoms with van der Waals surface area (Å²) in [5.74, 6) is 1.69. The maximum absolute atomic E-state index is 13.8. The Morgan fingerprint density at radius 2 is 1.46 bits per heavy atom. The van der Waals surface area contributed by atoms with Gasteiger partial charge in [0.25, 0.3) is 0 Å². The average Bonchev–Trinajstić information content (AvgIpc) is 2.74. The number of hydrogen-bond acceptors (Lipinski definition) is 6. The molecule has 35 heavy (non-hydrogen) atoms. The molecule has 0 aliphatic heterocycles. The molecule has 8 aliphatic carbocycles. The number of alkyl halides is 2. The lowest BCUT2D eigenvalue weighted by Crippen LogP contribution is -2.58. The smallest absolute Gasteiger partial charge is 0.392 e. The van der Waals surface area contributed by atoms with E-state index >= 15 is 0 Å². The van der Waals surface area contributed by atoms with Crippen LogP contribution in [0, 0.1) is 46.3 Å². The highest BCUT2D eigenvalue weighted by molar-refractivity contribution is 7.86. The third-order valence-electron chi connectivity index (χ3n) is 10.4. The lowest BCUT2D eigenvalue weighted by Gasteiger charge is -2.59. The molecule has 0 aromatic heterocycles. The van der Waals surface area contributed by atoms with E-state index < -0.39 is 33.5 Å². The van der Waals surface area contributed by atoms with Crippen molar-refractivity contribution < 1.29 is 40.8 Å². The molecule has 3 atom stereocenters. The minimum absolute atomic E-state index is 0.0866. The second-order valence-corrected chi connectivity index (χ2v) is 14.4. The van der Waals surface area contributed by atoms with Crippen LogP contribution in [-0.2, 0) is 29.2 Å². The van der Waals surface area contributed by atoms with Crippen molar-refractivity contribution in [2.75, 3.05) is 13.2 Å². The summed E-state index contributed by atoms with van der Waals surface area (Å²) in [5.41, 5.74) is -1.04. The van der Waals surface area contributed by atoms with Crippen molar-refractivity contribution in [3.05, 3.63) is 0 Å². The molecule has 8 saturated carbocycles. The average molecular weight is 517 g/mol. The number of carbonyl (C=O) groups excluding carboxylic acids is 2. The summed E-state index contributed by atoms with van der Waals surface area (Å²) in [7, 11) is -5.60. The van der Waals surface area contributed by atoms with E-state index in [0.29, 0.717) is 42.9 Å². The third kappa shape index (κ3) is 3.97. The monoisotopic (exact) mass is 516 g/mol. The molecule has 0 radical (unpaired) electrons. The number of hydrogen-bond donors (Lipinski definition) is 1. The molecular formula is C25H34F2O7S. The molecule has 0 heterocycles. The van der Waals surface area contributed by atoms with Crippen LogP contribution in [0.3, 0.4) is 0 Å². The zero-order chi connectivity index (χ0) is 24.8. The second-order valence-electron chi connectivity index (χ2n) is 12.8. The highest BCUT2D eigenvalue weighted by Crippen LogP contribution is 2.63. The van der Waals surface area contributed by atoms with E-state index in [0.717, 1.165) is 51.4 Å². The minimum atomic E-state index is -5.60. The van der Waals surface area contributed by atoms with Crippen molar-refractivity contribution in [3.8, 4) is 0 Å². The van der Waals surface area contributed by atoms with E-state index in [9.17, 15) is 26.8 Å². The van der Waals surface area contributed by atoms with E-state index in [2.05, 4.69) is 0 Å². The lowest BCUT2D eigenvalue weighted by atomic mass is 9.48. The Morgan fingerprint density at radius 3 is 1.97 bits per heavy atom. The van der Waals surface area contributed by atoms with Crippen molar-refractivity contribution in [1.82, 2.24) is 0 Å². The Bertz CT molecular complexity index is 972. The molecule has 0 aromatic rings. The van der Waals surface area contributed by atoms with Crippen LogP contribution in [0.5, 0.6) is 0 Å². The van der Waals surface area contributed by atoms with Crippen LogP contribution in [0.2, 0.25) is 0 Å². The third-order valence-corrected chi connectivity index (χ3v) is 11.2. The van der Waals surface area contributed by atoms with Gasteiger partial charge in [0.2, 0.25) is 0 Å².